The fraction of sp³-hybridized carbons (Fsp3) is 0.538. The molecule has 1 fully saturated rings. The third-order valence-corrected chi connectivity index (χ3v) is 4.01. The summed E-state index contributed by atoms with van der Waals surface area (Å²) < 4.78 is 0. The number of hydrogen-bond acceptors (Lipinski definition) is 3. The fourth-order valence-electron chi connectivity index (χ4n) is 2.25. The molecule has 2 rings (SSSR count). The summed E-state index contributed by atoms with van der Waals surface area (Å²) in [6.45, 7) is 1.06. The van der Waals surface area contributed by atoms with Gasteiger partial charge in [0, 0.05) is 5.02 Å². The van der Waals surface area contributed by atoms with Gasteiger partial charge in [-0.3, -0.25) is 0 Å². The van der Waals surface area contributed by atoms with Crippen molar-refractivity contribution in [3.05, 3.63) is 34.9 Å². The molecule has 4 heteroatoms. The van der Waals surface area contributed by atoms with Gasteiger partial charge in [0.15, 0.2) is 0 Å². The van der Waals surface area contributed by atoms with Gasteiger partial charge >= 0.3 is 0 Å². The molecular formula is C13H17ClO3. The van der Waals surface area contributed by atoms with Gasteiger partial charge in [0.2, 0.25) is 0 Å². The molecule has 1 saturated carbocycles. The lowest BCUT2D eigenvalue weighted by Crippen LogP contribution is -2.53. The Bertz CT molecular complexity index is 398. The van der Waals surface area contributed by atoms with Crippen molar-refractivity contribution < 1.29 is 15.3 Å². The Morgan fingerprint density at radius 3 is 2.18 bits per heavy atom. The van der Waals surface area contributed by atoms with Crippen LogP contribution in [0.15, 0.2) is 24.3 Å². The quantitative estimate of drug-likeness (QED) is 0.768. The van der Waals surface area contributed by atoms with Gasteiger partial charge in [-0.1, -0.05) is 23.7 Å². The molecule has 0 heterocycles. The predicted molar refractivity (Wildman–Crippen MR) is 65.8 cm³/mol. The average molecular weight is 257 g/mol. The second-order valence-corrected chi connectivity index (χ2v) is 5.38. The zero-order chi connectivity index (χ0) is 12.7. The molecule has 1 aliphatic carbocycles. The molecule has 0 aromatic heterocycles. The number of benzene rings is 1. The Labute approximate surface area is 106 Å². The maximum Gasteiger partial charge on any atom is 0.141 e. The largest absolute Gasteiger partial charge is 0.393 e. The molecular weight excluding hydrogens is 240 g/mol. The molecule has 1 aliphatic rings. The Kier molecular flexibility index (Phi) is 3.21. The minimum atomic E-state index is -1.64. The molecule has 1 aromatic carbocycles. The first kappa shape index (κ1) is 12.8. The van der Waals surface area contributed by atoms with Crippen LogP contribution in [0, 0.1) is 5.92 Å². The van der Waals surface area contributed by atoms with E-state index in [4.69, 9.17) is 11.6 Å². The van der Waals surface area contributed by atoms with Crippen molar-refractivity contribution in [2.24, 2.45) is 5.92 Å². The maximum atomic E-state index is 10.6. The van der Waals surface area contributed by atoms with Crippen LogP contribution in [0.2, 0.25) is 5.02 Å². The first-order chi connectivity index (χ1) is 7.91. The van der Waals surface area contributed by atoms with Gasteiger partial charge in [-0.05, 0) is 43.4 Å². The van der Waals surface area contributed by atoms with Crippen LogP contribution >= 0.6 is 11.6 Å². The molecule has 17 heavy (non-hydrogen) atoms. The van der Waals surface area contributed by atoms with Crippen molar-refractivity contribution in [3.8, 4) is 0 Å². The van der Waals surface area contributed by atoms with Crippen molar-refractivity contribution in [1.82, 2.24) is 0 Å². The van der Waals surface area contributed by atoms with Crippen molar-refractivity contribution in [3.63, 3.8) is 0 Å². The molecule has 94 valence electrons. The molecule has 2 atom stereocenters. The summed E-state index contributed by atoms with van der Waals surface area (Å²) in [5.74, 6) is 0.0373. The summed E-state index contributed by atoms with van der Waals surface area (Å²) in [7, 11) is 0. The van der Waals surface area contributed by atoms with Gasteiger partial charge in [0.1, 0.15) is 5.60 Å². The maximum absolute atomic E-state index is 10.6. The number of rotatable bonds is 4. The SMILES string of the molecule is CC(O)(C1CC1)C(O)(CO)c1ccc(Cl)cc1. The lowest BCUT2D eigenvalue weighted by molar-refractivity contribution is -0.180. The van der Waals surface area contributed by atoms with Crippen molar-refractivity contribution >= 4 is 11.6 Å². The highest BCUT2D eigenvalue weighted by molar-refractivity contribution is 6.30. The molecule has 1 aromatic rings. The van der Waals surface area contributed by atoms with E-state index in [9.17, 15) is 15.3 Å². The Morgan fingerprint density at radius 1 is 1.24 bits per heavy atom. The molecule has 3 N–H and O–H groups in total. The molecule has 0 radical (unpaired) electrons. The molecule has 2 unspecified atom stereocenters. The topological polar surface area (TPSA) is 60.7 Å². The monoisotopic (exact) mass is 256 g/mol. The van der Waals surface area contributed by atoms with Gasteiger partial charge in [-0.15, -0.1) is 0 Å². The normalized spacial score (nSPS) is 22.9. The number of aliphatic hydroxyl groups excluding tert-OH is 1. The first-order valence-electron chi connectivity index (χ1n) is 5.73. The third-order valence-electron chi connectivity index (χ3n) is 3.76. The van der Waals surface area contributed by atoms with E-state index >= 15 is 0 Å². The summed E-state index contributed by atoms with van der Waals surface area (Å²) >= 11 is 5.79. The van der Waals surface area contributed by atoms with E-state index in [0.29, 0.717) is 10.6 Å². The zero-order valence-corrected chi connectivity index (χ0v) is 10.5. The molecule has 0 amide bonds. The summed E-state index contributed by atoms with van der Waals surface area (Å²) in [6.07, 6.45) is 1.76. The highest BCUT2D eigenvalue weighted by Crippen LogP contribution is 2.48. The minimum Gasteiger partial charge on any atom is -0.393 e. The second-order valence-electron chi connectivity index (χ2n) is 4.95. The van der Waals surface area contributed by atoms with E-state index in [2.05, 4.69) is 0 Å². The highest BCUT2D eigenvalue weighted by atomic mass is 35.5. The van der Waals surface area contributed by atoms with E-state index in [0.717, 1.165) is 12.8 Å². The Balaban J connectivity index is 2.39. The van der Waals surface area contributed by atoms with Crippen LogP contribution in [0.25, 0.3) is 0 Å². The third kappa shape index (κ3) is 2.08. The lowest BCUT2D eigenvalue weighted by atomic mass is 9.76. The molecule has 0 spiro atoms. The zero-order valence-electron chi connectivity index (χ0n) is 9.73. The van der Waals surface area contributed by atoms with Gasteiger partial charge < -0.3 is 15.3 Å². The minimum absolute atomic E-state index is 0.0373. The Morgan fingerprint density at radius 2 is 1.76 bits per heavy atom. The van der Waals surface area contributed by atoms with E-state index < -0.39 is 17.8 Å². The van der Waals surface area contributed by atoms with Crippen molar-refractivity contribution in [1.29, 1.82) is 0 Å². The van der Waals surface area contributed by atoms with E-state index in [-0.39, 0.29) is 5.92 Å². The van der Waals surface area contributed by atoms with E-state index in [1.807, 2.05) is 0 Å². The summed E-state index contributed by atoms with van der Waals surface area (Å²) in [4.78, 5) is 0. The molecule has 0 aliphatic heterocycles. The van der Waals surface area contributed by atoms with Crippen LogP contribution in [0.1, 0.15) is 25.3 Å². The van der Waals surface area contributed by atoms with Crippen LogP contribution in [0.4, 0.5) is 0 Å². The van der Waals surface area contributed by atoms with Gasteiger partial charge in [0.25, 0.3) is 0 Å². The predicted octanol–water partition coefficient (Wildman–Crippen LogP) is 1.68. The standard InChI is InChI=1S/C13H17ClO3/c1-12(16,9-2-3-9)13(17,8-15)10-4-6-11(14)7-5-10/h4-7,9,15-17H,2-3,8H2,1H3. The van der Waals surface area contributed by atoms with E-state index in [1.165, 1.54) is 0 Å². The Hall–Kier alpha value is -0.610. The number of aliphatic hydroxyl groups is 3. The van der Waals surface area contributed by atoms with Gasteiger partial charge in [0.05, 0.1) is 12.2 Å². The second kappa shape index (κ2) is 4.25. The molecule has 0 bridgehead atoms. The first-order valence-corrected chi connectivity index (χ1v) is 6.11. The van der Waals surface area contributed by atoms with Crippen LogP contribution in [-0.4, -0.2) is 27.5 Å². The molecule has 0 saturated heterocycles. The fourth-order valence-corrected chi connectivity index (χ4v) is 2.38. The van der Waals surface area contributed by atoms with Crippen LogP contribution < -0.4 is 0 Å². The summed E-state index contributed by atoms with van der Waals surface area (Å²) in [5.41, 5.74) is -2.48. The van der Waals surface area contributed by atoms with Crippen molar-refractivity contribution in [2.75, 3.05) is 6.61 Å². The van der Waals surface area contributed by atoms with Gasteiger partial charge in [-0.2, -0.15) is 0 Å². The van der Waals surface area contributed by atoms with Crippen LogP contribution in [0.5, 0.6) is 0 Å². The lowest BCUT2D eigenvalue weighted by Gasteiger charge is -2.40. The summed E-state index contributed by atoms with van der Waals surface area (Å²) in [5, 5.41) is 31.1. The highest BCUT2D eigenvalue weighted by Gasteiger charge is 2.55. The van der Waals surface area contributed by atoms with Gasteiger partial charge in [-0.25, -0.2) is 0 Å². The van der Waals surface area contributed by atoms with Crippen LogP contribution in [-0.2, 0) is 5.60 Å². The van der Waals surface area contributed by atoms with Crippen molar-refractivity contribution in [2.45, 2.75) is 31.0 Å². The smallest absolute Gasteiger partial charge is 0.141 e. The number of halogens is 1. The molecule has 3 nitrogen and oxygen atoms in total. The van der Waals surface area contributed by atoms with E-state index in [1.54, 1.807) is 31.2 Å². The summed E-state index contributed by atoms with van der Waals surface area (Å²) in [6, 6.07) is 6.55. The average Bonchev–Trinajstić information content (AvgIpc) is 3.12. The van der Waals surface area contributed by atoms with Crippen LogP contribution in [0.3, 0.4) is 0 Å². The number of hydrogen-bond donors (Lipinski definition) is 3.